The lowest BCUT2D eigenvalue weighted by Crippen LogP contribution is -2.28. The fourth-order valence-corrected chi connectivity index (χ4v) is 9.72. The molecule has 0 N–H and O–H groups in total. The van der Waals surface area contributed by atoms with E-state index in [0.29, 0.717) is 17.7 Å². The lowest BCUT2D eigenvalue weighted by Gasteiger charge is -2.28. The van der Waals surface area contributed by atoms with E-state index in [4.69, 9.17) is 9.15 Å². The lowest BCUT2D eigenvalue weighted by molar-refractivity contribution is 0.304. The van der Waals surface area contributed by atoms with Gasteiger partial charge in [-0.15, -0.1) is 10.2 Å². The Morgan fingerprint density at radius 1 is 0.516 bits per heavy atom. The number of unbranched alkanes of at least 4 members (excludes halogenated alkanes) is 5. The summed E-state index contributed by atoms with van der Waals surface area (Å²) >= 11 is 0. The first kappa shape index (κ1) is 39.4. The number of nitrogens with zero attached hydrogens (tertiary/aromatic N) is 4. The number of allylic oxidation sites excluding steroid dienone is 2. The van der Waals surface area contributed by atoms with Gasteiger partial charge in [-0.1, -0.05) is 142 Å². The van der Waals surface area contributed by atoms with Crippen LogP contribution in [0.3, 0.4) is 0 Å². The van der Waals surface area contributed by atoms with E-state index in [1.54, 1.807) is 0 Å². The van der Waals surface area contributed by atoms with Gasteiger partial charge in [0.15, 0.2) is 0 Å². The van der Waals surface area contributed by atoms with Gasteiger partial charge in [-0.25, -0.2) is 0 Å². The maximum absolute atomic E-state index is 6.46. The molecule has 0 saturated heterocycles. The molecule has 64 heavy (non-hydrogen) atoms. The summed E-state index contributed by atoms with van der Waals surface area (Å²) in [5.74, 6) is 2.13. The molecule has 2 aromatic heterocycles. The highest BCUT2D eigenvalue weighted by atomic mass is 16.5. The third-order valence-corrected chi connectivity index (χ3v) is 12.9. The Balaban J connectivity index is 0.917. The molecule has 1 aliphatic carbocycles. The Morgan fingerprint density at radius 2 is 1.08 bits per heavy atom. The van der Waals surface area contributed by atoms with Crippen molar-refractivity contribution in [2.24, 2.45) is 0 Å². The van der Waals surface area contributed by atoms with Crippen LogP contribution in [-0.2, 0) is 0 Å². The minimum absolute atomic E-state index is 0.245. The smallest absolute Gasteiger partial charge is 0.248 e. The van der Waals surface area contributed by atoms with Crippen molar-refractivity contribution in [3.05, 3.63) is 194 Å². The molecule has 0 spiro atoms. The summed E-state index contributed by atoms with van der Waals surface area (Å²) in [6.45, 7) is 2.97. The second-order valence-electron chi connectivity index (χ2n) is 17.0. The summed E-state index contributed by atoms with van der Waals surface area (Å²) < 4.78 is 14.9. The third kappa shape index (κ3) is 7.49. The Kier molecular flexibility index (Phi) is 10.7. The van der Waals surface area contributed by atoms with Crippen molar-refractivity contribution in [3.8, 4) is 56.6 Å². The molecule has 0 radical (unpaired) electrons. The second-order valence-corrected chi connectivity index (χ2v) is 17.0. The fraction of sp³-hybridized carbons (Fsp3) is 0.172. The molecule has 0 bridgehead atoms. The highest BCUT2D eigenvalue weighted by molar-refractivity contribution is 6.09. The second kappa shape index (κ2) is 17.4. The van der Waals surface area contributed by atoms with Crippen LogP contribution < -0.4 is 9.64 Å². The molecule has 2 unspecified atom stereocenters. The Hall–Kier alpha value is -7.44. The predicted molar refractivity (Wildman–Crippen MR) is 263 cm³/mol. The zero-order chi connectivity index (χ0) is 42.8. The van der Waals surface area contributed by atoms with Crippen LogP contribution in [0, 0.1) is 0 Å². The highest BCUT2D eigenvalue weighted by Gasteiger charge is 2.37. The van der Waals surface area contributed by atoms with Gasteiger partial charge in [0.1, 0.15) is 5.75 Å². The van der Waals surface area contributed by atoms with Crippen molar-refractivity contribution < 1.29 is 9.15 Å². The van der Waals surface area contributed by atoms with E-state index < -0.39 is 0 Å². The average Bonchev–Trinajstić information content (AvgIpc) is 4.08. The van der Waals surface area contributed by atoms with E-state index in [0.717, 1.165) is 57.8 Å². The van der Waals surface area contributed by atoms with Gasteiger partial charge in [0.25, 0.3) is 0 Å². The molecule has 7 aromatic carbocycles. The first-order valence-electron chi connectivity index (χ1n) is 22.8. The van der Waals surface area contributed by atoms with Gasteiger partial charge in [-0.2, -0.15) is 0 Å². The molecule has 2 aliphatic rings. The molecule has 6 nitrogen and oxygen atoms in total. The lowest BCUT2D eigenvalue weighted by atomic mass is 9.91. The monoisotopic (exact) mass is 834 g/mol. The van der Waals surface area contributed by atoms with E-state index in [1.165, 1.54) is 70.8 Å². The number of anilines is 2. The minimum atomic E-state index is 0.245. The fourth-order valence-electron chi connectivity index (χ4n) is 9.72. The Labute approximate surface area is 374 Å². The topological polar surface area (TPSA) is 56.3 Å². The van der Waals surface area contributed by atoms with Crippen LogP contribution in [0.2, 0.25) is 0 Å². The number of aromatic nitrogens is 3. The summed E-state index contributed by atoms with van der Waals surface area (Å²) in [6.07, 6.45) is 16.4. The molecule has 6 heteroatoms. The van der Waals surface area contributed by atoms with Crippen LogP contribution in [0.5, 0.6) is 5.75 Å². The number of hydrogen-bond donors (Lipinski definition) is 0. The molecule has 11 rings (SSSR count). The largest absolute Gasteiger partial charge is 0.494 e. The van der Waals surface area contributed by atoms with Crippen molar-refractivity contribution >= 4 is 33.2 Å². The van der Waals surface area contributed by atoms with E-state index >= 15 is 0 Å². The molecule has 0 fully saturated rings. The number of fused-ring (bicyclic) bond motifs is 6. The molecule has 314 valence electrons. The molecule has 0 saturated carbocycles. The van der Waals surface area contributed by atoms with Crippen LogP contribution in [-0.4, -0.2) is 27.4 Å². The first-order chi connectivity index (χ1) is 31.7. The van der Waals surface area contributed by atoms with Crippen molar-refractivity contribution in [3.63, 3.8) is 0 Å². The Morgan fingerprint density at radius 3 is 1.78 bits per heavy atom. The van der Waals surface area contributed by atoms with Gasteiger partial charge >= 0.3 is 0 Å². The standard InChI is InChI=1S/C58H50N4O2/c1-2-3-4-5-6-15-36-63-48-34-28-42(29-35-48)57-59-60-58(64-57)45-38-43(40-24-30-46(31-25-40)61-53-20-11-7-16-49(53)50-17-8-12-21-54(50)61)37-44(39-45)41-26-32-47(33-27-41)62-55-22-13-9-18-51(55)52-19-10-14-23-56(52)62/h7-14,16-35,37-39,49,53H,2-6,15,36H2,1H3. The maximum atomic E-state index is 6.46. The van der Waals surface area contributed by atoms with E-state index in [1.807, 2.05) is 24.3 Å². The summed E-state index contributed by atoms with van der Waals surface area (Å²) in [5, 5.41) is 11.6. The number of benzene rings is 7. The first-order valence-corrected chi connectivity index (χ1v) is 22.8. The molecular weight excluding hydrogens is 785 g/mol. The number of para-hydroxylation sites is 3. The van der Waals surface area contributed by atoms with Crippen LogP contribution in [0.15, 0.2) is 193 Å². The molecule has 9 aromatic rings. The zero-order valence-corrected chi connectivity index (χ0v) is 36.1. The normalized spacial score (nSPS) is 15.2. The Bertz CT molecular complexity index is 3080. The summed E-state index contributed by atoms with van der Waals surface area (Å²) in [4.78, 5) is 2.47. The molecule has 2 atom stereocenters. The van der Waals surface area contributed by atoms with Crippen LogP contribution in [0.4, 0.5) is 11.4 Å². The van der Waals surface area contributed by atoms with Gasteiger partial charge in [-0.3, -0.25) is 0 Å². The average molecular weight is 835 g/mol. The van der Waals surface area contributed by atoms with Gasteiger partial charge in [0.05, 0.1) is 23.7 Å². The van der Waals surface area contributed by atoms with Gasteiger partial charge in [-0.05, 0) is 119 Å². The van der Waals surface area contributed by atoms with E-state index in [2.05, 4.69) is 190 Å². The number of hydrogen-bond acceptors (Lipinski definition) is 5. The predicted octanol–water partition coefficient (Wildman–Crippen LogP) is 15.3. The molecule has 3 heterocycles. The minimum Gasteiger partial charge on any atom is -0.494 e. The quantitative estimate of drug-likeness (QED) is 0.102. The van der Waals surface area contributed by atoms with Crippen molar-refractivity contribution in [1.82, 2.24) is 14.8 Å². The van der Waals surface area contributed by atoms with Crippen molar-refractivity contribution in [2.75, 3.05) is 11.5 Å². The number of ether oxygens (including phenoxy) is 1. The molecule has 0 amide bonds. The van der Waals surface area contributed by atoms with Crippen LogP contribution in [0.25, 0.3) is 72.7 Å². The number of rotatable bonds is 14. The zero-order valence-electron chi connectivity index (χ0n) is 36.1. The third-order valence-electron chi connectivity index (χ3n) is 12.9. The van der Waals surface area contributed by atoms with Gasteiger partial charge < -0.3 is 18.6 Å². The summed E-state index contributed by atoms with van der Waals surface area (Å²) in [6, 6.07) is 58.7. The SMILES string of the molecule is CCCCCCCCOc1ccc(-c2nnc(-c3cc(-c4ccc(N5c6ccccc6C6C=CC=CC65)cc4)cc(-c4ccc(-n5c6ccccc6c6ccccc65)cc4)c3)o2)cc1. The van der Waals surface area contributed by atoms with Crippen LogP contribution >= 0.6 is 0 Å². The van der Waals surface area contributed by atoms with Crippen molar-refractivity contribution in [1.29, 1.82) is 0 Å². The van der Waals surface area contributed by atoms with Gasteiger partial charge in [0.2, 0.25) is 11.8 Å². The van der Waals surface area contributed by atoms with E-state index in [9.17, 15) is 0 Å². The molecule has 1 aliphatic heterocycles. The molecular formula is C58H50N4O2. The van der Waals surface area contributed by atoms with Gasteiger partial charge in [0, 0.05) is 44.9 Å². The van der Waals surface area contributed by atoms with Crippen LogP contribution in [0.1, 0.15) is 56.9 Å². The summed E-state index contributed by atoms with van der Waals surface area (Å²) in [7, 11) is 0. The van der Waals surface area contributed by atoms with E-state index in [-0.39, 0.29) is 6.04 Å². The summed E-state index contributed by atoms with van der Waals surface area (Å²) in [5.41, 5.74) is 13.3. The highest BCUT2D eigenvalue weighted by Crippen LogP contribution is 2.48. The maximum Gasteiger partial charge on any atom is 0.248 e. The van der Waals surface area contributed by atoms with Crippen molar-refractivity contribution in [2.45, 2.75) is 57.4 Å².